The topological polar surface area (TPSA) is 105 Å². The molecule has 0 fully saturated rings. The van der Waals surface area contributed by atoms with Crippen molar-refractivity contribution in [3.8, 4) is 11.6 Å². The number of hydrogen-bond donors (Lipinski definition) is 3. The van der Waals surface area contributed by atoms with Gasteiger partial charge >= 0.3 is 12.2 Å². The summed E-state index contributed by atoms with van der Waals surface area (Å²) in [6.07, 6.45) is 0.305. The Labute approximate surface area is 225 Å². The van der Waals surface area contributed by atoms with Gasteiger partial charge in [-0.25, -0.2) is 14.2 Å². The van der Waals surface area contributed by atoms with Gasteiger partial charge in [0.15, 0.2) is 6.61 Å². The number of benzene rings is 1. The number of nitrogens with one attached hydrogen (secondary N) is 3. The molecule has 0 spiro atoms. The molecule has 0 aliphatic heterocycles. The lowest BCUT2D eigenvalue weighted by Crippen LogP contribution is -2.42. The maximum Gasteiger partial charge on any atom is 0.422 e. The number of anilines is 1. The molecular weight excluding hydrogens is 544 g/mol. The van der Waals surface area contributed by atoms with Gasteiger partial charge in [-0.05, 0) is 54.5 Å². The first-order chi connectivity index (χ1) is 18.5. The number of fused-ring (bicyclic) bond motifs is 1. The summed E-state index contributed by atoms with van der Waals surface area (Å²) in [6.45, 7) is 0.400. The van der Waals surface area contributed by atoms with Crippen LogP contribution < -0.4 is 25.7 Å². The van der Waals surface area contributed by atoms with Crippen LogP contribution in [-0.4, -0.2) is 34.8 Å². The highest BCUT2D eigenvalue weighted by atomic mass is 35.5. The third-order valence-electron chi connectivity index (χ3n) is 6.22. The molecule has 208 valence electrons. The molecule has 0 radical (unpaired) electrons. The van der Waals surface area contributed by atoms with Crippen molar-refractivity contribution in [3.05, 3.63) is 80.6 Å². The Bertz CT molecular complexity index is 1380. The number of halogens is 5. The molecule has 2 heterocycles. The molecule has 39 heavy (non-hydrogen) atoms. The smallest absolute Gasteiger partial charge is 0.422 e. The molecule has 4 rings (SSSR count). The number of amides is 2. The summed E-state index contributed by atoms with van der Waals surface area (Å²) < 4.78 is 61.5. The number of carbonyl (C=O) groups is 1. The van der Waals surface area contributed by atoms with Gasteiger partial charge in [-0.1, -0.05) is 18.5 Å². The van der Waals surface area contributed by atoms with Gasteiger partial charge in [0, 0.05) is 35.0 Å². The quantitative estimate of drug-likeness (QED) is 0.302. The minimum Gasteiger partial charge on any atom is -0.483 e. The lowest BCUT2D eigenvalue weighted by molar-refractivity contribution is -0.153. The Balaban J connectivity index is 1.33. The standard InChI is InChI=1S/C26H25ClF4N4O4/c1-2-14-5-17(6-15-8-23(36)32-11-19(14)15)34-25(37)35-22-9-20(27)16(7-21(22)28)12-38-24-4-3-18(10-33-24)39-13-26(29,30)31/h3-4,7-11,14,17H,2,5-6,12-13H2,1H3,(H,32,36)(H2,34,35,37). The maximum absolute atomic E-state index is 14.8. The highest BCUT2D eigenvalue weighted by Gasteiger charge is 2.29. The van der Waals surface area contributed by atoms with E-state index in [0.717, 1.165) is 29.8 Å². The zero-order valence-corrected chi connectivity index (χ0v) is 21.5. The first-order valence-corrected chi connectivity index (χ1v) is 12.4. The minimum absolute atomic E-state index is 0.0637. The Morgan fingerprint density at radius 1 is 1.23 bits per heavy atom. The van der Waals surface area contributed by atoms with Crippen molar-refractivity contribution in [2.24, 2.45) is 0 Å². The fourth-order valence-corrected chi connectivity index (χ4v) is 4.61. The molecule has 0 saturated heterocycles. The van der Waals surface area contributed by atoms with E-state index in [1.807, 2.05) is 6.92 Å². The molecule has 8 nitrogen and oxygen atoms in total. The molecule has 0 saturated carbocycles. The number of ether oxygens (including phenoxy) is 2. The number of rotatable bonds is 8. The van der Waals surface area contributed by atoms with E-state index in [4.69, 9.17) is 16.3 Å². The van der Waals surface area contributed by atoms with Crippen LogP contribution >= 0.6 is 11.6 Å². The number of H-pyrrole nitrogens is 1. The number of urea groups is 1. The lowest BCUT2D eigenvalue weighted by atomic mass is 9.80. The second kappa shape index (κ2) is 11.9. The van der Waals surface area contributed by atoms with E-state index in [9.17, 15) is 27.2 Å². The monoisotopic (exact) mass is 568 g/mol. The van der Waals surface area contributed by atoms with E-state index in [0.29, 0.717) is 12.8 Å². The van der Waals surface area contributed by atoms with Crippen molar-refractivity contribution in [1.82, 2.24) is 15.3 Å². The van der Waals surface area contributed by atoms with Crippen LogP contribution in [0.15, 0.2) is 47.5 Å². The maximum atomic E-state index is 14.8. The van der Waals surface area contributed by atoms with Gasteiger partial charge in [0.1, 0.15) is 18.2 Å². The minimum atomic E-state index is -4.47. The third kappa shape index (κ3) is 7.62. The van der Waals surface area contributed by atoms with Crippen molar-refractivity contribution in [1.29, 1.82) is 0 Å². The summed E-state index contributed by atoms with van der Waals surface area (Å²) in [5.74, 6) is -0.606. The van der Waals surface area contributed by atoms with E-state index >= 15 is 0 Å². The Morgan fingerprint density at radius 2 is 2.03 bits per heavy atom. The third-order valence-corrected chi connectivity index (χ3v) is 6.57. The van der Waals surface area contributed by atoms with Crippen molar-refractivity contribution < 1.29 is 31.8 Å². The summed E-state index contributed by atoms with van der Waals surface area (Å²) in [4.78, 5) is 30.9. The van der Waals surface area contributed by atoms with Gasteiger partial charge in [-0.15, -0.1) is 0 Å². The molecule has 1 aromatic carbocycles. The largest absolute Gasteiger partial charge is 0.483 e. The Morgan fingerprint density at radius 3 is 2.72 bits per heavy atom. The van der Waals surface area contributed by atoms with E-state index in [1.54, 1.807) is 6.20 Å². The second-order valence-electron chi connectivity index (χ2n) is 9.07. The van der Waals surface area contributed by atoms with E-state index in [2.05, 4.69) is 25.3 Å². The van der Waals surface area contributed by atoms with Crippen LogP contribution in [0.3, 0.4) is 0 Å². The van der Waals surface area contributed by atoms with Crippen LogP contribution in [-0.2, 0) is 13.0 Å². The lowest BCUT2D eigenvalue weighted by Gasteiger charge is -2.31. The number of nitrogens with zero attached hydrogens (tertiary/aromatic N) is 1. The van der Waals surface area contributed by atoms with Crippen molar-refractivity contribution in [3.63, 3.8) is 0 Å². The molecule has 3 N–H and O–H groups in total. The normalized spacial score (nSPS) is 16.8. The number of pyridine rings is 2. The van der Waals surface area contributed by atoms with Crippen molar-refractivity contribution in [2.75, 3.05) is 11.9 Å². The molecular formula is C26H25ClF4N4O4. The van der Waals surface area contributed by atoms with E-state index in [1.165, 1.54) is 24.3 Å². The van der Waals surface area contributed by atoms with Crippen molar-refractivity contribution >= 4 is 23.3 Å². The number of carbonyl (C=O) groups excluding carboxylic acids is 1. The zero-order chi connectivity index (χ0) is 28.2. The molecule has 2 aromatic heterocycles. The van der Waals surface area contributed by atoms with Crippen LogP contribution in [0.5, 0.6) is 11.6 Å². The van der Waals surface area contributed by atoms with Gasteiger partial charge < -0.3 is 25.1 Å². The molecule has 3 aromatic rings. The van der Waals surface area contributed by atoms with Crippen LogP contribution in [0.1, 0.15) is 42.4 Å². The first kappa shape index (κ1) is 28.2. The summed E-state index contributed by atoms with van der Waals surface area (Å²) in [6, 6.07) is 5.60. The van der Waals surface area contributed by atoms with Crippen LogP contribution in [0.4, 0.5) is 28.0 Å². The van der Waals surface area contributed by atoms with Crippen molar-refractivity contribution in [2.45, 2.75) is 50.9 Å². The molecule has 0 bridgehead atoms. The summed E-state index contributed by atoms with van der Waals surface area (Å²) in [5, 5.41) is 5.43. The van der Waals surface area contributed by atoms with Crippen LogP contribution in [0.2, 0.25) is 5.02 Å². The van der Waals surface area contributed by atoms with Crippen LogP contribution in [0, 0.1) is 5.82 Å². The van der Waals surface area contributed by atoms with E-state index < -0.39 is 24.6 Å². The number of hydrogen-bond acceptors (Lipinski definition) is 5. The highest BCUT2D eigenvalue weighted by molar-refractivity contribution is 6.31. The predicted molar refractivity (Wildman–Crippen MR) is 136 cm³/mol. The SMILES string of the molecule is CCC1CC(NC(=O)Nc2cc(Cl)c(COc3ccc(OCC(F)(F)F)cn3)cc2F)Cc2cc(=O)[nH]cc21. The Hall–Kier alpha value is -3.80. The number of alkyl halides is 3. The average molecular weight is 569 g/mol. The molecule has 2 unspecified atom stereocenters. The van der Waals surface area contributed by atoms with Gasteiger partial charge in [0.05, 0.1) is 11.9 Å². The average Bonchev–Trinajstić information content (AvgIpc) is 2.88. The molecule has 13 heteroatoms. The molecule has 2 atom stereocenters. The van der Waals surface area contributed by atoms with Gasteiger partial charge in [-0.2, -0.15) is 13.2 Å². The Kier molecular flexibility index (Phi) is 8.63. The fourth-order valence-electron chi connectivity index (χ4n) is 4.39. The molecule has 1 aliphatic rings. The fraction of sp³-hybridized carbons (Fsp3) is 0.346. The highest BCUT2D eigenvalue weighted by Crippen LogP contribution is 2.33. The zero-order valence-electron chi connectivity index (χ0n) is 20.7. The first-order valence-electron chi connectivity index (χ1n) is 12.1. The number of aromatic nitrogens is 2. The second-order valence-corrected chi connectivity index (χ2v) is 9.47. The van der Waals surface area contributed by atoms with E-state index in [-0.39, 0.29) is 52.0 Å². The molecule has 2 amide bonds. The summed E-state index contributed by atoms with van der Waals surface area (Å²) >= 11 is 6.26. The summed E-state index contributed by atoms with van der Waals surface area (Å²) in [5.41, 5.74) is 1.85. The van der Waals surface area contributed by atoms with Gasteiger partial charge in [0.2, 0.25) is 11.4 Å². The molecule has 1 aliphatic carbocycles. The predicted octanol–water partition coefficient (Wildman–Crippen LogP) is 5.71. The van der Waals surface area contributed by atoms with Gasteiger partial charge in [-0.3, -0.25) is 4.79 Å². The number of aromatic amines is 1. The van der Waals surface area contributed by atoms with Gasteiger partial charge in [0.25, 0.3) is 0 Å². The summed E-state index contributed by atoms with van der Waals surface area (Å²) in [7, 11) is 0. The van der Waals surface area contributed by atoms with Crippen LogP contribution in [0.25, 0.3) is 0 Å².